The van der Waals surface area contributed by atoms with Crippen LogP contribution in [0.15, 0.2) is 59.7 Å². The molecule has 0 atom stereocenters. The second-order valence-corrected chi connectivity index (χ2v) is 5.30. The lowest BCUT2D eigenvalue weighted by molar-refractivity contribution is 0.631. The first-order valence-electron chi connectivity index (χ1n) is 7.57. The van der Waals surface area contributed by atoms with Gasteiger partial charge < -0.3 is 10.6 Å². The van der Waals surface area contributed by atoms with Gasteiger partial charge in [-0.15, -0.1) is 0 Å². The van der Waals surface area contributed by atoms with Gasteiger partial charge in [-0.2, -0.15) is 5.10 Å². The molecule has 5 heteroatoms. The molecule has 3 rings (SSSR count). The molecule has 0 unspecified atom stereocenters. The number of rotatable bonds is 4. The molecule has 0 saturated carbocycles. The lowest BCUT2D eigenvalue weighted by atomic mass is 10.2. The molecule has 1 heterocycles. The van der Waals surface area contributed by atoms with Gasteiger partial charge in [-0.25, -0.2) is 4.68 Å². The summed E-state index contributed by atoms with van der Waals surface area (Å²) >= 11 is 0. The van der Waals surface area contributed by atoms with Crippen molar-refractivity contribution in [3.05, 3.63) is 60.4 Å². The average Bonchev–Trinajstić information content (AvgIpc) is 3.24. The van der Waals surface area contributed by atoms with Gasteiger partial charge in [-0.1, -0.05) is 30.4 Å². The zero-order valence-electron chi connectivity index (χ0n) is 12.7. The molecule has 1 aromatic heterocycles. The second kappa shape index (κ2) is 6.93. The number of benzene rings is 1. The Hall–Kier alpha value is -2.56. The third-order valence-electron chi connectivity index (χ3n) is 3.67. The highest BCUT2D eigenvalue weighted by atomic mass is 15.3. The number of guanidine groups is 1. The normalized spacial score (nSPS) is 15.2. The molecule has 5 nitrogen and oxygen atoms in total. The highest BCUT2D eigenvalue weighted by molar-refractivity contribution is 5.80. The Kier molecular flexibility index (Phi) is 4.53. The van der Waals surface area contributed by atoms with Crippen molar-refractivity contribution in [2.24, 2.45) is 4.99 Å². The van der Waals surface area contributed by atoms with Gasteiger partial charge in [0.2, 0.25) is 0 Å². The first kappa shape index (κ1) is 14.4. The number of nitrogens with zero attached hydrogens (tertiary/aromatic N) is 3. The van der Waals surface area contributed by atoms with E-state index >= 15 is 0 Å². The van der Waals surface area contributed by atoms with E-state index in [1.807, 2.05) is 47.3 Å². The van der Waals surface area contributed by atoms with E-state index in [2.05, 4.69) is 32.9 Å². The first-order chi connectivity index (χ1) is 10.8. The van der Waals surface area contributed by atoms with E-state index in [0.29, 0.717) is 12.6 Å². The SMILES string of the molecule is CN=C(NCc1ccn(-c2ccccc2)n1)NC1CC=CC1. The molecule has 0 aliphatic heterocycles. The minimum absolute atomic E-state index is 0.452. The van der Waals surface area contributed by atoms with Crippen LogP contribution in [0.3, 0.4) is 0 Å². The summed E-state index contributed by atoms with van der Waals surface area (Å²) in [6.45, 7) is 0.652. The van der Waals surface area contributed by atoms with Crippen LogP contribution in [0, 0.1) is 0 Å². The van der Waals surface area contributed by atoms with Crippen molar-refractivity contribution < 1.29 is 0 Å². The van der Waals surface area contributed by atoms with E-state index in [1.165, 1.54) is 0 Å². The Bertz CT molecular complexity index is 649. The number of para-hydroxylation sites is 1. The maximum atomic E-state index is 4.58. The van der Waals surface area contributed by atoms with Gasteiger partial charge in [0.1, 0.15) is 0 Å². The summed E-state index contributed by atoms with van der Waals surface area (Å²) in [4.78, 5) is 4.26. The molecule has 22 heavy (non-hydrogen) atoms. The fourth-order valence-corrected chi connectivity index (χ4v) is 2.48. The molecule has 0 amide bonds. The van der Waals surface area contributed by atoms with Gasteiger partial charge in [0, 0.05) is 19.3 Å². The van der Waals surface area contributed by atoms with Crippen LogP contribution in [0.2, 0.25) is 0 Å². The van der Waals surface area contributed by atoms with E-state index in [4.69, 9.17) is 0 Å². The summed E-state index contributed by atoms with van der Waals surface area (Å²) < 4.78 is 1.88. The zero-order valence-corrected chi connectivity index (χ0v) is 12.7. The molecule has 114 valence electrons. The second-order valence-electron chi connectivity index (χ2n) is 5.30. The highest BCUT2D eigenvalue weighted by Crippen LogP contribution is 2.09. The molecular weight excluding hydrogens is 274 g/mol. The van der Waals surface area contributed by atoms with Crippen LogP contribution in [-0.2, 0) is 6.54 Å². The first-order valence-corrected chi connectivity index (χ1v) is 7.57. The van der Waals surface area contributed by atoms with Crippen LogP contribution in [-0.4, -0.2) is 28.8 Å². The van der Waals surface area contributed by atoms with E-state index in [-0.39, 0.29) is 0 Å². The van der Waals surface area contributed by atoms with Crippen LogP contribution in [0.25, 0.3) is 5.69 Å². The number of hydrogen-bond donors (Lipinski definition) is 2. The fraction of sp³-hybridized carbons (Fsp3) is 0.294. The van der Waals surface area contributed by atoms with Gasteiger partial charge >= 0.3 is 0 Å². The van der Waals surface area contributed by atoms with Crippen LogP contribution >= 0.6 is 0 Å². The summed E-state index contributed by atoms with van der Waals surface area (Å²) in [5, 5.41) is 11.3. The minimum atomic E-state index is 0.452. The number of aliphatic imine (C=N–C) groups is 1. The third kappa shape index (κ3) is 3.55. The maximum Gasteiger partial charge on any atom is 0.191 e. The Balaban J connectivity index is 1.56. The lowest BCUT2D eigenvalue weighted by Crippen LogP contribution is -2.42. The van der Waals surface area contributed by atoms with E-state index in [0.717, 1.165) is 30.2 Å². The van der Waals surface area contributed by atoms with Gasteiger partial charge in [0.25, 0.3) is 0 Å². The predicted molar refractivity (Wildman–Crippen MR) is 89.1 cm³/mol. The Morgan fingerprint density at radius 1 is 1.23 bits per heavy atom. The van der Waals surface area contributed by atoms with Crippen molar-refractivity contribution in [3.8, 4) is 5.69 Å². The summed E-state index contributed by atoms with van der Waals surface area (Å²) in [5.41, 5.74) is 2.05. The average molecular weight is 295 g/mol. The number of nitrogens with one attached hydrogen (secondary N) is 2. The molecule has 2 N–H and O–H groups in total. The number of hydrogen-bond acceptors (Lipinski definition) is 2. The topological polar surface area (TPSA) is 54.2 Å². The Morgan fingerprint density at radius 2 is 2.00 bits per heavy atom. The highest BCUT2D eigenvalue weighted by Gasteiger charge is 2.11. The van der Waals surface area contributed by atoms with Crippen molar-refractivity contribution in [2.75, 3.05) is 7.05 Å². The van der Waals surface area contributed by atoms with Crippen molar-refractivity contribution in [2.45, 2.75) is 25.4 Å². The molecule has 0 fully saturated rings. The molecular formula is C17H21N5. The van der Waals surface area contributed by atoms with Crippen LogP contribution in [0.4, 0.5) is 0 Å². The summed E-state index contributed by atoms with van der Waals surface area (Å²) in [6, 6.07) is 12.6. The van der Waals surface area contributed by atoms with Gasteiger partial charge in [0.05, 0.1) is 17.9 Å². The van der Waals surface area contributed by atoms with E-state index < -0.39 is 0 Å². The summed E-state index contributed by atoms with van der Waals surface area (Å²) in [6.07, 6.45) is 8.50. The molecule has 1 aliphatic rings. The van der Waals surface area contributed by atoms with Crippen LogP contribution in [0.5, 0.6) is 0 Å². The molecule has 0 saturated heterocycles. The quantitative estimate of drug-likeness (QED) is 0.517. The zero-order chi connectivity index (χ0) is 15.2. The van der Waals surface area contributed by atoms with Crippen LogP contribution in [0.1, 0.15) is 18.5 Å². The van der Waals surface area contributed by atoms with Gasteiger partial charge in [0.15, 0.2) is 5.96 Å². The largest absolute Gasteiger partial charge is 0.353 e. The van der Waals surface area contributed by atoms with Gasteiger partial charge in [-0.3, -0.25) is 4.99 Å². The molecule has 0 spiro atoms. The molecule has 1 aliphatic carbocycles. The van der Waals surface area contributed by atoms with Crippen LogP contribution < -0.4 is 10.6 Å². The van der Waals surface area contributed by atoms with Crippen molar-refractivity contribution in [1.82, 2.24) is 20.4 Å². The molecule has 2 aromatic rings. The predicted octanol–water partition coefficient (Wildman–Crippen LogP) is 2.26. The fourth-order valence-electron chi connectivity index (χ4n) is 2.48. The van der Waals surface area contributed by atoms with Crippen molar-refractivity contribution in [3.63, 3.8) is 0 Å². The van der Waals surface area contributed by atoms with Crippen molar-refractivity contribution >= 4 is 5.96 Å². The van der Waals surface area contributed by atoms with Gasteiger partial charge in [-0.05, 0) is 31.0 Å². The van der Waals surface area contributed by atoms with Crippen molar-refractivity contribution in [1.29, 1.82) is 0 Å². The molecule has 1 aromatic carbocycles. The lowest BCUT2D eigenvalue weighted by Gasteiger charge is -2.16. The Morgan fingerprint density at radius 3 is 2.73 bits per heavy atom. The molecule has 0 bridgehead atoms. The maximum absolute atomic E-state index is 4.58. The standard InChI is InChI=1S/C17H21N5/c1-18-17(20-14-7-5-6-8-14)19-13-15-11-12-22(21-15)16-9-3-2-4-10-16/h2-6,9-12,14H,7-8,13H2,1H3,(H2,18,19,20). The molecule has 0 radical (unpaired) electrons. The Labute approximate surface area is 130 Å². The monoisotopic (exact) mass is 295 g/mol. The third-order valence-corrected chi connectivity index (χ3v) is 3.67. The number of aromatic nitrogens is 2. The summed E-state index contributed by atoms with van der Waals surface area (Å²) in [7, 11) is 1.79. The summed E-state index contributed by atoms with van der Waals surface area (Å²) in [5.74, 6) is 0.822. The minimum Gasteiger partial charge on any atom is -0.353 e. The van der Waals surface area contributed by atoms with E-state index in [9.17, 15) is 0 Å². The van der Waals surface area contributed by atoms with E-state index in [1.54, 1.807) is 7.05 Å². The smallest absolute Gasteiger partial charge is 0.191 e.